The fourth-order valence-electron chi connectivity index (χ4n) is 0. The van der Waals surface area contributed by atoms with Crippen LogP contribution in [0.5, 0.6) is 0 Å². The monoisotopic (exact) mass is 235 g/mol. The van der Waals surface area contributed by atoms with Gasteiger partial charge in [-0.25, -0.2) is 3.71 Å². The zero-order chi connectivity index (χ0) is 5.15. The van der Waals surface area contributed by atoms with Gasteiger partial charge in [-0.15, -0.1) is 0 Å². The van der Waals surface area contributed by atoms with Crippen molar-refractivity contribution in [3.05, 3.63) is 0 Å². The third-order valence-corrected chi connectivity index (χ3v) is 1.77. The first-order chi connectivity index (χ1) is 2.64. The van der Waals surface area contributed by atoms with Gasteiger partial charge in [0.2, 0.25) is 0 Å². The van der Waals surface area contributed by atoms with Crippen molar-refractivity contribution in [2.24, 2.45) is 0 Å². The summed E-state index contributed by atoms with van der Waals surface area (Å²) in [6, 6.07) is 0. The Labute approximate surface area is 60.5 Å². The summed E-state index contributed by atoms with van der Waals surface area (Å²) in [7, 11) is 0. The topological polar surface area (TPSA) is 20.3 Å². The molecule has 0 heterocycles. The van der Waals surface area contributed by atoms with Gasteiger partial charge in [-0.1, -0.05) is 25.6 Å². The van der Waals surface area contributed by atoms with Crippen molar-refractivity contribution >= 4 is 52.1 Å². The largest absolute Gasteiger partial charge is 0.302 e. The molecule has 0 fully saturated rings. The van der Waals surface area contributed by atoms with Gasteiger partial charge in [-0.2, -0.15) is 0 Å². The molecular formula is CH2INOS2. The molecule has 0 bridgehead atoms. The minimum Gasteiger partial charge on any atom is -0.261 e. The van der Waals surface area contributed by atoms with Crippen molar-refractivity contribution in [2.45, 2.75) is 0 Å². The molecule has 6 heavy (non-hydrogen) atoms. The Morgan fingerprint density at radius 1 is 1.67 bits per heavy atom. The summed E-state index contributed by atoms with van der Waals surface area (Å²) in [6.07, 6.45) is 0. The average Bonchev–Trinajstić information content (AvgIpc) is 1.36. The molecule has 5 heteroatoms. The van der Waals surface area contributed by atoms with Crippen LogP contribution < -0.4 is 0 Å². The molecule has 0 aliphatic carbocycles. The van der Waals surface area contributed by atoms with Crippen LogP contribution >= 0.6 is 48.2 Å². The van der Waals surface area contributed by atoms with Crippen molar-refractivity contribution in [3.63, 3.8) is 0 Å². The van der Waals surface area contributed by atoms with Gasteiger partial charge in [0.25, 0.3) is 0 Å². The zero-order valence-electron chi connectivity index (χ0n) is 2.63. The van der Waals surface area contributed by atoms with E-state index in [2.05, 4.69) is 25.6 Å². The SMILES string of the molecule is O=C(I)N(S)S. The molecule has 0 unspecified atom stereocenters. The highest BCUT2D eigenvalue weighted by Crippen LogP contribution is 2.03. The summed E-state index contributed by atoms with van der Waals surface area (Å²) in [5, 5.41) is 0. The smallest absolute Gasteiger partial charge is 0.261 e. The molecule has 0 aliphatic rings. The molecular weight excluding hydrogens is 233 g/mol. The minimum atomic E-state index is -0.209. The second-order valence-corrected chi connectivity index (χ2v) is 2.58. The molecule has 0 saturated carbocycles. The summed E-state index contributed by atoms with van der Waals surface area (Å²) in [6.45, 7) is 0. The predicted molar refractivity (Wildman–Crippen MR) is 39.2 cm³/mol. The standard InChI is InChI=1S/CH2INOS2/c2-1(4)3(5)6/h5-6H. The van der Waals surface area contributed by atoms with Crippen molar-refractivity contribution in [1.29, 1.82) is 0 Å². The van der Waals surface area contributed by atoms with Gasteiger partial charge in [0.1, 0.15) is 0 Å². The summed E-state index contributed by atoms with van der Waals surface area (Å²) in [5.41, 5.74) is 0. The van der Waals surface area contributed by atoms with Crippen molar-refractivity contribution in [3.8, 4) is 0 Å². The molecule has 36 valence electrons. The number of thiol groups is 2. The number of nitrogens with zero attached hydrogens (tertiary/aromatic N) is 1. The first kappa shape index (κ1) is 6.90. The van der Waals surface area contributed by atoms with Crippen LogP contribution in [0.4, 0.5) is 4.79 Å². The minimum absolute atomic E-state index is 0.209. The molecule has 0 atom stereocenters. The maximum absolute atomic E-state index is 9.90. The van der Waals surface area contributed by atoms with E-state index in [0.29, 0.717) is 0 Å². The van der Waals surface area contributed by atoms with Gasteiger partial charge in [0.05, 0.1) is 0 Å². The lowest BCUT2D eigenvalue weighted by atomic mass is 11.5. The first-order valence-electron chi connectivity index (χ1n) is 1.02. The Bertz CT molecular complexity index is 64.6. The van der Waals surface area contributed by atoms with Crippen LogP contribution in [0.25, 0.3) is 0 Å². The van der Waals surface area contributed by atoms with E-state index in [0.717, 1.165) is 3.71 Å². The molecule has 0 radical (unpaired) electrons. The van der Waals surface area contributed by atoms with Crippen LogP contribution in [0.1, 0.15) is 0 Å². The van der Waals surface area contributed by atoms with E-state index in [-0.39, 0.29) is 3.91 Å². The van der Waals surface area contributed by atoms with Gasteiger partial charge in [0.15, 0.2) is 0 Å². The summed E-state index contributed by atoms with van der Waals surface area (Å²) >= 11 is 8.63. The average molecular weight is 235 g/mol. The van der Waals surface area contributed by atoms with Crippen LogP contribution in [0.2, 0.25) is 0 Å². The lowest BCUT2D eigenvalue weighted by Crippen LogP contribution is -1.97. The molecule has 2 nitrogen and oxygen atoms in total. The van der Waals surface area contributed by atoms with Crippen LogP contribution in [0.15, 0.2) is 0 Å². The van der Waals surface area contributed by atoms with Gasteiger partial charge >= 0.3 is 3.91 Å². The highest BCUT2D eigenvalue weighted by molar-refractivity contribution is 14.1. The molecule has 0 aromatic heterocycles. The van der Waals surface area contributed by atoms with E-state index < -0.39 is 0 Å². The number of carbonyl (C=O) groups excluding carboxylic acids is 1. The van der Waals surface area contributed by atoms with E-state index in [1.165, 1.54) is 0 Å². The van der Waals surface area contributed by atoms with Crippen LogP contribution in [0.3, 0.4) is 0 Å². The van der Waals surface area contributed by atoms with E-state index in [1.807, 2.05) is 0 Å². The second-order valence-electron chi connectivity index (χ2n) is 0.542. The predicted octanol–water partition coefficient (Wildman–Crippen LogP) is 1.53. The van der Waals surface area contributed by atoms with Crippen LogP contribution in [-0.4, -0.2) is 7.62 Å². The van der Waals surface area contributed by atoms with E-state index in [1.54, 1.807) is 22.6 Å². The van der Waals surface area contributed by atoms with E-state index in [9.17, 15) is 4.79 Å². The quantitative estimate of drug-likeness (QED) is 0.282. The maximum Gasteiger partial charge on any atom is 0.302 e. The molecule has 0 aromatic carbocycles. The third kappa shape index (κ3) is 3.10. The Morgan fingerprint density at radius 2 is 1.83 bits per heavy atom. The van der Waals surface area contributed by atoms with Gasteiger partial charge in [-0.05, 0) is 0 Å². The van der Waals surface area contributed by atoms with E-state index in [4.69, 9.17) is 0 Å². The lowest BCUT2D eigenvalue weighted by Gasteiger charge is -1.96. The summed E-state index contributed by atoms with van der Waals surface area (Å²) < 4.78 is 0.694. The number of amides is 1. The first-order valence-corrected chi connectivity index (χ1v) is 2.90. The summed E-state index contributed by atoms with van der Waals surface area (Å²) in [5.74, 6) is 0. The zero-order valence-corrected chi connectivity index (χ0v) is 6.57. The lowest BCUT2D eigenvalue weighted by molar-refractivity contribution is 0.261. The molecule has 0 aliphatic heterocycles. The number of hydrogen-bond donors (Lipinski definition) is 2. The van der Waals surface area contributed by atoms with Crippen molar-refractivity contribution in [1.82, 2.24) is 3.71 Å². The fourth-order valence-corrected chi connectivity index (χ4v) is 0. The number of hydrogen-bond acceptors (Lipinski definition) is 3. The highest BCUT2D eigenvalue weighted by Gasteiger charge is 1.93. The number of halogens is 1. The van der Waals surface area contributed by atoms with Gasteiger partial charge in [-0.3, -0.25) is 4.79 Å². The number of carbonyl (C=O) groups is 1. The Morgan fingerprint density at radius 3 is 1.83 bits per heavy atom. The van der Waals surface area contributed by atoms with E-state index >= 15 is 0 Å². The number of rotatable bonds is 0. The van der Waals surface area contributed by atoms with Crippen molar-refractivity contribution < 1.29 is 4.79 Å². The normalized spacial score (nSPS) is 7.83. The molecule has 0 N–H and O–H groups in total. The molecule has 0 saturated heterocycles. The van der Waals surface area contributed by atoms with Gasteiger partial charge < -0.3 is 0 Å². The second kappa shape index (κ2) is 2.98. The Kier molecular flexibility index (Phi) is 3.42. The summed E-state index contributed by atoms with van der Waals surface area (Å²) in [4.78, 5) is 9.90. The van der Waals surface area contributed by atoms with Crippen LogP contribution in [-0.2, 0) is 0 Å². The van der Waals surface area contributed by atoms with Crippen molar-refractivity contribution in [2.75, 3.05) is 0 Å². The Hall–Kier alpha value is 0.900. The van der Waals surface area contributed by atoms with Crippen LogP contribution in [0, 0.1) is 0 Å². The highest BCUT2D eigenvalue weighted by atomic mass is 127. The fraction of sp³-hybridized carbons (Fsp3) is 0. The maximum atomic E-state index is 9.90. The van der Waals surface area contributed by atoms with Gasteiger partial charge in [0, 0.05) is 22.6 Å². The molecule has 0 spiro atoms. The molecule has 1 amide bonds. The molecule has 0 aromatic rings. The third-order valence-electron chi connectivity index (χ3n) is 0.157. The Balaban J connectivity index is 3.26. The molecule has 0 rings (SSSR count).